The third kappa shape index (κ3) is 39.3. The van der Waals surface area contributed by atoms with Crippen molar-refractivity contribution >= 4 is 23.9 Å². The summed E-state index contributed by atoms with van der Waals surface area (Å²) in [5.74, 6) is -3.17. The fourth-order valence-electron chi connectivity index (χ4n) is 8.33. The molecule has 0 saturated carbocycles. The Morgan fingerprint density at radius 1 is 0.466 bits per heavy atom. The topological polar surface area (TPSA) is 175 Å². The molecule has 0 bridgehead atoms. The smallest absolute Gasteiger partial charge is 0.335 e. The molecular weight excluding hydrogens is 925 g/mol. The fraction of sp³-hybridized carbons (Fsp3) is 0.738. The van der Waals surface area contributed by atoms with Crippen molar-refractivity contribution in [3.05, 3.63) is 72.9 Å². The van der Waals surface area contributed by atoms with E-state index in [1.54, 1.807) is 0 Å². The lowest BCUT2D eigenvalue weighted by atomic mass is 9.98. The summed E-state index contributed by atoms with van der Waals surface area (Å²) in [6.45, 7) is 5.81. The van der Waals surface area contributed by atoms with E-state index in [9.17, 15) is 34.5 Å². The van der Waals surface area contributed by atoms with E-state index in [0.29, 0.717) is 19.3 Å². The number of carboxylic acid groups (broad SMARTS) is 1. The van der Waals surface area contributed by atoms with Crippen molar-refractivity contribution in [1.29, 1.82) is 0 Å². The highest BCUT2D eigenvalue weighted by molar-refractivity contribution is 5.74. The molecule has 6 atom stereocenters. The van der Waals surface area contributed by atoms with Gasteiger partial charge in [-0.05, 0) is 89.9 Å². The minimum Gasteiger partial charge on any atom is -0.479 e. The number of aliphatic hydroxyl groups excluding tert-OH is 2. The quantitative estimate of drug-likeness (QED) is 0.0228. The Balaban J connectivity index is 2.71. The lowest BCUT2D eigenvalue weighted by molar-refractivity contribution is -0.301. The van der Waals surface area contributed by atoms with Crippen molar-refractivity contribution in [3.8, 4) is 0 Å². The Morgan fingerprint density at radius 3 is 1.36 bits per heavy atom. The van der Waals surface area contributed by atoms with Gasteiger partial charge in [-0.2, -0.15) is 0 Å². The van der Waals surface area contributed by atoms with Crippen LogP contribution in [0.25, 0.3) is 0 Å². The SMILES string of the molecule is CC/C=C\C/C=C\C/C=C\C/C=C\C/C=C\CCCCCC(=O)OCC(COC1OC(C(=O)O)C(O)C(O)C1OC(=O)CCCCCCCCCCCCC)OC(=O)CCCCCCC/C=C\CCCCCC. The zero-order valence-electron chi connectivity index (χ0n) is 45.9. The van der Waals surface area contributed by atoms with E-state index in [-0.39, 0.29) is 25.9 Å². The normalized spacial score (nSPS) is 18.8. The number of ether oxygens (including phenoxy) is 5. The number of aliphatic hydroxyl groups is 2. The molecule has 12 nitrogen and oxygen atoms in total. The number of carbonyl (C=O) groups is 4. The summed E-state index contributed by atoms with van der Waals surface area (Å²) in [7, 11) is 0. The second kappa shape index (κ2) is 49.1. The fourth-order valence-corrected chi connectivity index (χ4v) is 8.33. The number of carboxylic acids is 1. The van der Waals surface area contributed by atoms with Gasteiger partial charge in [-0.15, -0.1) is 0 Å². The van der Waals surface area contributed by atoms with E-state index in [0.717, 1.165) is 116 Å². The van der Waals surface area contributed by atoms with Gasteiger partial charge in [0.15, 0.2) is 24.6 Å². The Labute approximate surface area is 442 Å². The number of aliphatic carboxylic acids is 1. The number of rotatable bonds is 48. The lowest BCUT2D eigenvalue weighted by Crippen LogP contribution is -2.61. The molecule has 1 saturated heterocycles. The van der Waals surface area contributed by atoms with Crippen LogP contribution in [-0.4, -0.2) is 89.2 Å². The van der Waals surface area contributed by atoms with E-state index in [1.165, 1.54) is 64.2 Å². The number of allylic oxidation sites excluding steroid dienone is 12. The largest absolute Gasteiger partial charge is 0.479 e. The van der Waals surface area contributed by atoms with Gasteiger partial charge in [-0.1, -0.05) is 203 Å². The molecule has 418 valence electrons. The molecule has 1 fully saturated rings. The van der Waals surface area contributed by atoms with Gasteiger partial charge in [-0.3, -0.25) is 14.4 Å². The first-order valence-corrected chi connectivity index (χ1v) is 28.9. The van der Waals surface area contributed by atoms with E-state index >= 15 is 0 Å². The van der Waals surface area contributed by atoms with Gasteiger partial charge in [0, 0.05) is 19.3 Å². The molecule has 1 rings (SSSR count). The minimum atomic E-state index is -1.91. The highest BCUT2D eigenvalue weighted by atomic mass is 16.7. The Kier molecular flexibility index (Phi) is 45.1. The molecule has 12 heteroatoms. The van der Waals surface area contributed by atoms with E-state index in [2.05, 4.69) is 93.7 Å². The maximum atomic E-state index is 13.1. The van der Waals surface area contributed by atoms with Crippen LogP contribution in [0.2, 0.25) is 0 Å². The molecule has 73 heavy (non-hydrogen) atoms. The van der Waals surface area contributed by atoms with Gasteiger partial charge in [0.1, 0.15) is 18.8 Å². The van der Waals surface area contributed by atoms with E-state index in [1.807, 2.05) is 0 Å². The molecule has 6 unspecified atom stereocenters. The maximum Gasteiger partial charge on any atom is 0.335 e. The third-order valence-electron chi connectivity index (χ3n) is 12.8. The number of esters is 3. The minimum absolute atomic E-state index is 0.0568. The van der Waals surface area contributed by atoms with Gasteiger partial charge in [-0.25, -0.2) is 4.79 Å². The van der Waals surface area contributed by atoms with Crippen LogP contribution in [-0.2, 0) is 42.9 Å². The summed E-state index contributed by atoms with van der Waals surface area (Å²) in [5, 5.41) is 31.4. The summed E-state index contributed by atoms with van der Waals surface area (Å²) >= 11 is 0. The van der Waals surface area contributed by atoms with Gasteiger partial charge in [0.25, 0.3) is 0 Å². The van der Waals surface area contributed by atoms with E-state index < -0.39 is 67.3 Å². The van der Waals surface area contributed by atoms with Crippen molar-refractivity contribution in [2.24, 2.45) is 0 Å². The first-order valence-electron chi connectivity index (χ1n) is 28.9. The average Bonchev–Trinajstić information content (AvgIpc) is 3.37. The standard InChI is InChI=1S/C61H102O12/c1-4-7-10-13-16-19-22-24-25-26-27-28-29-31-33-35-38-41-44-47-53(62)69-50-52(71-54(63)48-45-42-39-37-34-30-23-20-17-14-11-8-5-2)51-70-61-59(57(66)56(65)58(73-61)60(67)68)72-55(64)49-46-43-40-36-32-21-18-15-12-9-6-3/h7,10,16,19-20,23-25,27-28,31,33,52,56-59,61,65-66H,4-6,8-9,11-15,17-18,21-22,26,29-30,32,34-51H2,1-3H3,(H,67,68)/b10-7-,19-16-,23-20-,25-24-,28-27-,33-31-. The van der Waals surface area contributed by atoms with Crippen LogP contribution in [0.3, 0.4) is 0 Å². The summed E-state index contributed by atoms with van der Waals surface area (Å²) in [6, 6.07) is 0. The van der Waals surface area contributed by atoms with Crippen LogP contribution in [0.4, 0.5) is 0 Å². The molecule has 1 heterocycles. The average molecular weight is 1030 g/mol. The van der Waals surface area contributed by atoms with Crippen molar-refractivity contribution in [2.75, 3.05) is 13.2 Å². The van der Waals surface area contributed by atoms with Crippen LogP contribution < -0.4 is 0 Å². The highest BCUT2D eigenvalue weighted by Crippen LogP contribution is 2.26. The molecule has 0 aromatic carbocycles. The summed E-state index contributed by atoms with van der Waals surface area (Å²) < 4.78 is 28.3. The van der Waals surface area contributed by atoms with Gasteiger partial charge in [0.2, 0.25) is 0 Å². The van der Waals surface area contributed by atoms with Crippen molar-refractivity contribution in [3.63, 3.8) is 0 Å². The summed E-state index contributed by atoms with van der Waals surface area (Å²) in [5.41, 5.74) is 0. The molecule has 0 aliphatic carbocycles. The van der Waals surface area contributed by atoms with Crippen LogP contribution in [0.15, 0.2) is 72.9 Å². The second-order valence-electron chi connectivity index (χ2n) is 19.5. The van der Waals surface area contributed by atoms with Gasteiger partial charge >= 0.3 is 23.9 Å². The van der Waals surface area contributed by atoms with Crippen LogP contribution in [0.1, 0.15) is 239 Å². The molecule has 1 aliphatic heterocycles. The molecule has 0 aromatic rings. The summed E-state index contributed by atoms with van der Waals surface area (Å²) in [6.07, 6.45) is 48.8. The third-order valence-corrected chi connectivity index (χ3v) is 12.8. The number of unbranched alkanes of at least 4 members (excludes halogenated alkanes) is 22. The Hall–Kier alpha value is -3.84. The molecule has 0 aromatic heterocycles. The Bertz CT molecular complexity index is 1550. The number of hydrogen-bond acceptors (Lipinski definition) is 11. The molecule has 1 aliphatic rings. The number of carbonyl (C=O) groups excluding carboxylic acids is 3. The van der Waals surface area contributed by atoms with Crippen LogP contribution in [0, 0.1) is 0 Å². The van der Waals surface area contributed by atoms with Gasteiger partial charge in [0.05, 0.1) is 6.61 Å². The van der Waals surface area contributed by atoms with Crippen molar-refractivity contribution < 1.29 is 58.2 Å². The maximum absolute atomic E-state index is 13.1. The zero-order valence-corrected chi connectivity index (χ0v) is 45.9. The predicted molar refractivity (Wildman–Crippen MR) is 294 cm³/mol. The first kappa shape index (κ1) is 67.2. The van der Waals surface area contributed by atoms with Gasteiger partial charge < -0.3 is 39.0 Å². The molecule has 0 spiro atoms. The van der Waals surface area contributed by atoms with Crippen LogP contribution in [0.5, 0.6) is 0 Å². The zero-order chi connectivity index (χ0) is 53.3. The number of hydrogen-bond donors (Lipinski definition) is 3. The molecular formula is C61H102O12. The second-order valence-corrected chi connectivity index (χ2v) is 19.5. The van der Waals surface area contributed by atoms with Crippen molar-refractivity contribution in [1.82, 2.24) is 0 Å². The molecule has 0 amide bonds. The summed E-state index contributed by atoms with van der Waals surface area (Å²) in [4.78, 5) is 51.0. The Morgan fingerprint density at radius 2 is 0.863 bits per heavy atom. The molecule has 3 N–H and O–H groups in total. The lowest BCUT2D eigenvalue weighted by Gasteiger charge is -2.40. The monoisotopic (exact) mass is 1030 g/mol. The first-order chi connectivity index (χ1) is 35.6. The van der Waals surface area contributed by atoms with Crippen LogP contribution >= 0.6 is 0 Å². The highest BCUT2D eigenvalue weighted by Gasteiger charge is 2.50. The van der Waals surface area contributed by atoms with Crippen molar-refractivity contribution in [2.45, 2.75) is 276 Å². The predicted octanol–water partition coefficient (Wildman–Crippen LogP) is 14.6. The molecule has 0 radical (unpaired) electrons. The van der Waals surface area contributed by atoms with E-state index in [4.69, 9.17) is 23.7 Å².